The summed E-state index contributed by atoms with van der Waals surface area (Å²) < 4.78 is 74.9. The van der Waals surface area contributed by atoms with E-state index < -0.39 is 59.3 Å². The van der Waals surface area contributed by atoms with Gasteiger partial charge in [-0.1, -0.05) is 13.8 Å². The van der Waals surface area contributed by atoms with Gasteiger partial charge in [0.25, 0.3) is 0 Å². The summed E-state index contributed by atoms with van der Waals surface area (Å²) in [5.41, 5.74) is -1.30. The van der Waals surface area contributed by atoms with Crippen LogP contribution in [0.4, 0.5) is 22.0 Å². The van der Waals surface area contributed by atoms with Gasteiger partial charge >= 0.3 is 11.9 Å². The Bertz CT molecular complexity index is 671. The Morgan fingerprint density at radius 2 is 1.28 bits per heavy atom. The zero-order chi connectivity index (χ0) is 19.3. The first-order chi connectivity index (χ1) is 11.6. The van der Waals surface area contributed by atoms with E-state index in [-0.39, 0.29) is 5.92 Å². The molecule has 0 spiro atoms. The van der Waals surface area contributed by atoms with E-state index in [1.54, 1.807) is 20.8 Å². The van der Waals surface area contributed by atoms with E-state index in [0.29, 0.717) is 6.08 Å². The van der Waals surface area contributed by atoms with Crippen LogP contribution in [0.5, 0.6) is 0 Å². The molecule has 0 aliphatic carbocycles. The van der Waals surface area contributed by atoms with Gasteiger partial charge in [0.05, 0.1) is 5.56 Å². The maximum absolute atomic E-state index is 13.4. The molecule has 0 aliphatic rings. The van der Waals surface area contributed by atoms with Gasteiger partial charge in [-0.15, -0.1) is 0 Å². The fourth-order valence-electron chi connectivity index (χ4n) is 1.46. The van der Waals surface area contributed by atoms with Crippen LogP contribution in [0.1, 0.15) is 26.3 Å². The Labute approximate surface area is 140 Å². The number of esters is 2. The standard InChI is InChI=1S/C16H15F5O4/c1-7(2)8(3)25-11(23)5-4-10(22)24-6-9-12(17)14(19)16(21)15(20)13(9)18/h4-5,7-8H,6H2,1-3H3/b5-4+. The van der Waals surface area contributed by atoms with Crippen molar-refractivity contribution >= 4 is 11.9 Å². The minimum absolute atomic E-state index is 0.0403. The number of ether oxygens (including phenoxy) is 2. The van der Waals surface area contributed by atoms with Crippen molar-refractivity contribution in [2.75, 3.05) is 0 Å². The molecule has 0 radical (unpaired) electrons. The maximum atomic E-state index is 13.4. The smallest absolute Gasteiger partial charge is 0.331 e. The van der Waals surface area contributed by atoms with Gasteiger partial charge in [0.1, 0.15) is 12.7 Å². The molecule has 1 aromatic rings. The highest BCUT2D eigenvalue weighted by Crippen LogP contribution is 2.23. The van der Waals surface area contributed by atoms with Crippen molar-refractivity contribution in [3.63, 3.8) is 0 Å². The third-order valence-electron chi connectivity index (χ3n) is 3.26. The number of benzene rings is 1. The second kappa shape index (κ2) is 8.59. The number of halogens is 5. The summed E-state index contributed by atoms with van der Waals surface area (Å²) in [7, 11) is 0. The summed E-state index contributed by atoms with van der Waals surface area (Å²) >= 11 is 0. The molecule has 1 unspecified atom stereocenters. The monoisotopic (exact) mass is 366 g/mol. The van der Waals surface area contributed by atoms with Gasteiger partial charge < -0.3 is 9.47 Å². The van der Waals surface area contributed by atoms with Gasteiger partial charge in [0.2, 0.25) is 5.82 Å². The van der Waals surface area contributed by atoms with Crippen LogP contribution < -0.4 is 0 Å². The van der Waals surface area contributed by atoms with Crippen LogP contribution in [-0.2, 0) is 25.7 Å². The molecule has 138 valence electrons. The van der Waals surface area contributed by atoms with E-state index in [4.69, 9.17) is 4.74 Å². The molecule has 0 amide bonds. The molecular weight excluding hydrogens is 351 g/mol. The summed E-state index contributed by atoms with van der Waals surface area (Å²) in [6.45, 7) is 4.05. The second-order valence-corrected chi connectivity index (χ2v) is 5.38. The fourth-order valence-corrected chi connectivity index (χ4v) is 1.46. The number of hydrogen-bond acceptors (Lipinski definition) is 4. The molecule has 25 heavy (non-hydrogen) atoms. The van der Waals surface area contributed by atoms with Crippen molar-refractivity contribution in [3.8, 4) is 0 Å². The molecule has 0 bridgehead atoms. The fraction of sp³-hybridized carbons (Fsp3) is 0.375. The predicted molar refractivity (Wildman–Crippen MR) is 75.6 cm³/mol. The SMILES string of the molecule is CC(C)C(C)OC(=O)/C=C/C(=O)OCc1c(F)c(F)c(F)c(F)c1F. The van der Waals surface area contributed by atoms with Gasteiger partial charge in [0.15, 0.2) is 23.3 Å². The molecule has 9 heteroatoms. The minimum Gasteiger partial charge on any atom is -0.459 e. The van der Waals surface area contributed by atoms with Crippen LogP contribution in [0.3, 0.4) is 0 Å². The minimum atomic E-state index is -2.31. The number of rotatable bonds is 6. The van der Waals surface area contributed by atoms with Crippen LogP contribution in [0.15, 0.2) is 12.2 Å². The Kier molecular flexibility index (Phi) is 7.08. The molecule has 1 rings (SSSR count). The van der Waals surface area contributed by atoms with Crippen LogP contribution in [0.25, 0.3) is 0 Å². The summed E-state index contributed by atoms with van der Waals surface area (Å²) in [5.74, 6) is -12.8. The molecular formula is C16H15F5O4. The van der Waals surface area contributed by atoms with Gasteiger partial charge in [-0.05, 0) is 12.8 Å². The Morgan fingerprint density at radius 3 is 1.76 bits per heavy atom. The first kappa shape index (κ1) is 20.6. The molecule has 0 saturated heterocycles. The average Bonchev–Trinajstić information content (AvgIpc) is 2.56. The number of carbonyl (C=O) groups excluding carboxylic acids is 2. The quantitative estimate of drug-likeness (QED) is 0.254. The number of carbonyl (C=O) groups is 2. The summed E-state index contributed by atoms with van der Waals surface area (Å²) in [6, 6.07) is 0. The third-order valence-corrected chi connectivity index (χ3v) is 3.26. The summed E-state index contributed by atoms with van der Waals surface area (Å²) in [5, 5.41) is 0. The Balaban J connectivity index is 2.72. The highest BCUT2D eigenvalue weighted by molar-refractivity contribution is 5.91. The maximum Gasteiger partial charge on any atom is 0.331 e. The van der Waals surface area contributed by atoms with Crippen LogP contribution in [0.2, 0.25) is 0 Å². The lowest BCUT2D eigenvalue weighted by Gasteiger charge is -2.14. The van der Waals surface area contributed by atoms with Crippen molar-refractivity contribution in [3.05, 3.63) is 46.8 Å². The van der Waals surface area contributed by atoms with Crippen molar-refractivity contribution in [2.24, 2.45) is 5.92 Å². The molecule has 4 nitrogen and oxygen atoms in total. The van der Waals surface area contributed by atoms with Gasteiger partial charge in [-0.2, -0.15) is 0 Å². The molecule has 0 aromatic heterocycles. The van der Waals surface area contributed by atoms with Crippen molar-refractivity contribution in [1.29, 1.82) is 0 Å². The lowest BCUT2D eigenvalue weighted by atomic mass is 10.1. The van der Waals surface area contributed by atoms with Crippen LogP contribution in [0, 0.1) is 35.0 Å². The van der Waals surface area contributed by atoms with Crippen LogP contribution in [-0.4, -0.2) is 18.0 Å². The predicted octanol–water partition coefficient (Wildman–Crippen LogP) is 3.57. The lowest BCUT2D eigenvalue weighted by Crippen LogP contribution is -2.19. The van der Waals surface area contributed by atoms with E-state index in [9.17, 15) is 31.5 Å². The molecule has 0 heterocycles. The highest BCUT2D eigenvalue weighted by atomic mass is 19.2. The van der Waals surface area contributed by atoms with E-state index >= 15 is 0 Å². The molecule has 1 atom stereocenters. The zero-order valence-electron chi connectivity index (χ0n) is 13.5. The van der Waals surface area contributed by atoms with E-state index in [2.05, 4.69) is 4.74 Å². The van der Waals surface area contributed by atoms with Crippen molar-refractivity contribution in [1.82, 2.24) is 0 Å². The van der Waals surface area contributed by atoms with Crippen LogP contribution >= 0.6 is 0 Å². The Hall–Kier alpha value is -2.45. The normalized spacial score (nSPS) is 12.5. The average molecular weight is 366 g/mol. The van der Waals surface area contributed by atoms with E-state index in [0.717, 1.165) is 6.08 Å². The van der Waals surface area contributed by atoms with Crippen molar-refractivity contribution in [2.45, 2.75) is 33.5 Å². The summed E-state index contributed by atoms with van der Waals surface area (Å²) in [4.78, 5) is 22.8. The molecule has 0 saturated carbocycles. The second-order valence-electron chi connectivity index (χ2n) is 5.38. The van der Waals surface area contributed by atoms with E-state index in [1.165, 1.54) is 0 Å². The molecule has 1 aromatic carbocycles. The zero-order valence-corrected chi connectivity index (χ0v) is 13.5. The molecule has 0 N–H and O–H groups in total. The van der Waals surface area contributed by atoms with Gasteiger partial charge in [0, 0.05) is 12.2 Å². The Morgan fingerprint density at radius 1 is 0.840 bits per heavy atom. The topological polar surface area (TPSA) is 52.6 Å². The van der Waals surface area contributed by atoms with Gasteiger partial charge in [-0.25, -0.2) is 31.5 Å². The molecule has 0 fully saturated rings. The lowest BCUT2D eigenvalue weighted by molar-refractivity contribution is -0.145. The highest BCUT2D eigenvalue weighted by Gasteiger charge is 2.26. The first-order valence-corrected chi connectivity index (χ1v) is 7.12. The van der Waals surface area contributed by atoms with Crippen molar-refractivity contribution < 1.29 is 41.0 Å². The first-order valence-electron chi connectivity index (χ1n) is 7.12. The van der Waals surface area contributed by atoms with E-state index in [1.807, 2.05) is 0 Å². The van der Waals surface area contributed by atoms with Gasteiger partial charge in [-0.3, -0.25) is 0 Å². The summed E-state index contributed by atoms with van der Waals surface area (Å²) in [6.07, 6.45) is 0.919. The third kappa shape index (κ3) is 5.27. The number of hydrogen-bond donors (Lipinski definition) is 0. The largest absolute Gasteiger partial charge is 0.459 e. The molecule has 0 aliphatic heterocycles.